The van der Waals surface area contributed by atoms with Crippen molar-refractivity contribution in [2.75, 3.05) is 13.6 Å². The molecule has 5 nitrogen and oxygen atoms in total. The molecule has 0 fully saturated rings. The number of aliphatic hydroxyl groups is 1. The highest BCUT2D eigenvalue weighted by molar-refractivity contribution is 5.92. The molecule has 0 aliphatic rings. The average Bonchev–Trinajstić information content (AvgIpc) is 2.63. The Kier molecular flexibility index (Phi) is 3.85. The van der Waals surface area contributed by atoms with Crippen molar-refractivity contribution in [3.8, 4) is 0 Å². The fraction of sp³-hybridized carbons (Fsp3) is 0.600. The molecule has 0 radical (unpaired) electrons. The number of nitrogens with zero attached hydrogens (tertiary/aromatic N) is 2. The van der Waals surface area contributed by atoms with E-state index in [9.17, 15) is 4.79 Å². The van der Waals surface area contributed by atoms with Crippen LogP contribution in [0.3, 0.4) is 0 Å². The Morgan fingerprint density at radius 1 is 1.73 bits per heavy atom. The summed E-state index contributed by atoms with van der Waals surface area (Å²) in [4.78, 5) is 13.2. The number of hydrogen-bond donors (Lipinski definition) is 2. The van der Waals surface area contributed by atoms with E-state index in [0.29, 0.717) is 12.2 Å². The predicted octanol–water partition coefficient (Wildman–Crippen LogP) is 0.425. The molecular formula is C10H17N3O2. The van der Waals surface area contributed by atoms with Crippen LogP contribution in [0.1, 0.15) is 30.0 Å². The summed E-state index contributed by atoms with van der Waals surface area (Å²) in [5.74, 6) is -0.174. The van der Waals surface area contributed by atoms with Crippen LogP contribution in [-0.4, -0.2) is 45.8 Å². The van der Waals surface area contributed by atoms with Gasteiger partial charge in [-0.25, -0.2) is 0 Å². The molecule has 0 saturated heterocycles. The topological polar surface area (TPSA) is 69.2 Å². The lowest BCUT2D eigenvalue weighted by Gasteiger charge is -2.17. The minimum atomic E-state index is -0.525. The molecule has 1 aromatic heterocycles. The Hall–Kier alpha value is -1.36. The van der Waals surface area contributed by atoms with Gasteiger partial charge in [-0.15, -0.1) is 0 Å². The molecule has 0 spiro atoms. The Morgan fingerprint density at radius 3 is 2.87 bits per heavy atom. The first-order valence-corrected chi connectivity index (χ1v) is 5.02. The number of H-pyrrole nitrogens is 1. The van der Waals surface area contributed by atoms with Crippen LogP contribution < -0.4 is 0 Å². The van der Waals surface area contributed by atoms with Gasteiger partial charge in [-0.1, -0.05) is 6.92 Å². The molecular weight excluding hydrogens is 194 g/mol. The summed E-state index contributed by atoms with van der Waals surface area (Å²) < 4.78 is 0. The van der Waals surface area contributed by atoms with Crippen molar-refractivity contribution in [2.45, 2.75) is 26.4 Å². The third-order valence-corrected chi connectivity index (χ3v) is 2.12. The maximum atomic E-state index is 11.7. The van der Waals surface area contributed by atoms with Crippen molar-refractivity contribution >= 4 is 5.91 Å². The van der Waals surface area contributed by atoms with Crippen LogP contribution in [0.15, 0.2) is 6.07 Å². The molecule has 1 rings (SSSR count). The number of carbonyl (C=O) groups excluding carboxylic acids is 1. The number of amides is 1. The van der Waals surface area contributed by atoms with Crippen LogP contribution in [0.25, 0.3) is 0 Å². The van der Waals surface area contributed by atoms with Gasteiger partial charge < -0.3 is 10.0 Å². The van der Waals surface area contributed by atoms with Crippen molar-refractivity contribution in [3.05, 3.63) is 17.5 Å². The van der Waals surface area contributed by atoms with Crippen LogP contribution in [0.5, 0.6) is 0 Å². The maximum absolute atomic E-state index is 11.7. The van der Waals surface area contributed by atoms with Crippen molar-refractivity contribution in [3.63, 3.8) is 0 Å². The molecule has 84 valence electrons. The lowest BCUT2D eigenvalue weighted by atomic mass is 10.3. The lowest BCUT2D eigenvalue weighted by molar-refractivity contribution is 0.0698. The second-order valence-electron chi connectivity index (χ2n) is 3.67. The minimum absolute atomic E-state index is 0.174. The Labute approximate surface area is 89.1 Å². The molecule has 0 bridgehead atoms. The number of aryl methyl sites for hydroxylation is 1. The summed E-state index contributed by atoms with van der Waals surface area (Å²) in [6, 6.07) is 1.74. The summed E-state index contributed by atoms with van der Waals surface area (Å²) in [7, 11) is 1.65. The molecule has 15 heavy (non-hydrogen) atoms. The van der Waals surface area contributed by atoms with Crippen molar-refractivity contribution in [1.29, 1.82) is 0 Å². The van der Waals surface area contributed by atoms with Crippen LogP contribution in [0.4, 0.5) is 0 Å². The van der Waals surface area contributed by atoms with E-state index in [-0.39, 0.29) is 5.91 Å². The van der Waals surface area contributed by atoms with Gasteiger partial charge in [0, 0.05) is 19.3 Å². The SMILES string of the molecule is CCc1cc(C(=O)N(C)CC(C)O)n[nH]1. The molecule has 1 atom stereocenters. The summed E-state index contributed by atoms with van der Waals surface area (Å²) in [6.45, 7) is 3.94. The molecule has 0 aliphatic carbocycles. The van der Waals surface area contributed by atoms with Crippen LogP contribution in [0.2, 0.25) is 0 Å². The van der Waals surface area contributed by atoms with Gasteiger partial charge >= 0.3 is 0 Å². The van der Waals surface area contributed by atoms with E-state index in [4.69, 9.17) is 5.11 Å². The molecule has 1 heterocycles. The van der Waals surface area contributed by atoms with Crippen molar-refractivity contribution < 1.29 is 9.90 Å². The van der Waals surface area contributed by atoms with Gasteiger partial charge in [-0.2, -0.15) is 5.10 Å². The lowest BCUT2D eigenvalue weighted by Crippen LogP contribution is -2.33. The maximum Gasteiger partial charge on any atom is 0.274 e. The fourth-order valence-corrected chi connectivity index (χ4v) is 1.33. The second-order valence-corrected chi connectivity index (χ2v) is 3.67. The fourth-order valence-electron chi connectivity index (χ4n) is 1.33. The standard InChI is InChI=1S/C10H17N3O2/c1-4-8-5-9(12-11-8)10(15)13(3)6-7(2)14/h5,7,14H,4,6H2,1-3H3,(H,11,12). The first-order chi connectivity index (χ1) is 7.04. The van der Waals surface area contributed by atoms with E-state index >= 15 is 0 Å². The van der Waals surface area contributed by atoms with Gasteiger partial charge in [0.05, 0.1) is 6.10 Å². The molecule has 1 unspecified atom stereocenters. The van der Waals surface area contributed by atoms with Gasteiger partial charge in [0.15, 0.2) is 0 Å². The molecule has 0 aromatic carbocycles. The van der Waals surface area contributed by atoms with Crippen molar-refractivity contribution in [1.82, 2.24) is 15.1 Å². The van der Waals surface area contributed by atoms with Gasteiger partial charge in [-0.3, -0.25) is 9.89 Å². The highest BCUT2D eigenvalue weighted by Gasteiger charge is 2.15. The average molecular weight is 211 g/mol. The molecule has 2 N–H and O–H groups in total. The normalized spacial score (nSPS) is 12.5. The van der Waals surface area contributed by atoms with E-state index in [1.54, 1.807) is 20.0 Å². The Balaban J connectivity index is 2.67. The largest absolute Gasteiger partial charge is 0.392 e. The monoisotopic (exact) mass is 211 g/mol. The summed E-state index contributed by atoms with van der Waals surface area (Å²) in [5.41, 5.74) is 1.33. The summed E-state index contributed by atoms with van der Waals surface area (Å²) in [6.07, 6.45) is 0.295. The van der Waals surface area contributed by atoms with Crippen LogP contribution in [-0.2, 0) is 6.42 Å². The zero-order valence-corrected chi connectivity index (χ0v) is 9.32. The number of aromatic nitrogens is 2. The van der Waals surface area contributed by atoms with E-state index in [2.05, 4.69) is 10.2 Å². The Bertz CT molecular complexity index is 333. The van der Waals surface area contributed by atoms with Gasteiger partial charge in [0.2, 0.25) is 0 Å². The minimum Gasteiger partial charge on any atom is -0.392 e. The van der Waals surface area contributed by atoms with E-state index in [0.717, 1.165) is 12.1 Å². The van der Waals surface area contributed by atoms with E-state index in [1.165, 1.54) is 4.90 Å². The number of aliphatic hydroxyl groups excluding tert-OH is 1. The summed E-state index contributed by atoms with van der Waals surface area (Å²) in [5, 5.41) is 15.8. The molecule has 1 aromatic rings. The van der Waals surface area contributed by atoms with E-state index < -0.39 is 6.10 Å². The smallest absolute Gasteiger partial charge is 0.274 e. The first-order valence-electron chi connectivity index (χ1n) is 5.02. The first kappa shape index (κ1) is 11.7. The molecule has 1 amide bonds. The number of hydrogen-bond acceptors (Lipinski definition) is 3. The quantitative estimate of drug-likeness (QED) is 0.758. The number of carbonyl (C=O) groups is 1. The van der Waals surface area contributed by atoms with Crippen LogP contribution in [0, 0.1) is 0 Å². The number of likely N-dealkylation sites (N-methyl/N-ethyl adjacent to an activating group) is 1. The second kappa shape index (κ2) is 4.93. The predicted molar refractivity (Wildman–Crippen MR) is 56.6 cm³/mol. The summed E-state index contributed by atoms with van der Waals surface area (Å²) >= 11 is 0. The number of nitrogens with one attached hydrogen (secondary N) is 1. The number of aromatic amines is 1. The zero-order chi connectivity index (χ0) is 11.4. The Morgan fingerprint density at radius 2 is 2.40 bits per heavy atom. The van der Waals surface area contributed by atoms with Crippen LogP contribution >= 0.6 is 0 Å². The molecule has 0 aliphatic heterocycles. The van der Waals surface area contributed by atoms with Gasteiger partial charge in [0.1, 0.15) is 5.69 Å². The highest BCUT2D eigenvalue weighted by Crippen LogP contribution is 2.04. The molecule has 0 saturated carbocycles. The van der Waals surface area contributed by atoms with Gasteiger partial charge in [-0.05, 0) is 19.4 Å². The van der Waals surface area contributed by atoms with Crippen molar-refractivity contribution in [2.24, 2.45) is 0 Å². The molecule has 5 heteroatoms. The van der Waals surface area contributed by atoms with E-state index in [1.807, 2.05) is 6.92 Å². The zero-order valence-electron chi connectivity index (χ0n) is 9.32. The third kappa shape index (κ3) is 3.06. The third-order valence-electron chi connectivity index (χ3n) is 2.12. The highest BCUT2D eigenvalue weighted by atomic mass is 16.3. The number of rotatable bonds is 4. The van der Waals surface area contributed by atoms with Gasteiger partial charge in [0.25, 0.3) is 5.91 Å².